The number of hydrogen-bond donors (Lipinski definition) is 2. The predicted octanol–water partition coefficient (Wildman–Crippen LogP) is 5.15. The number of hydrogen-bond acceptors (Lipinski definition) is 4. The van der Waals surface area contributed by atoms with Gasteiger partial charge >= 0.3 is 0 Å². The van der Waals surface area contributed by atoms with Crippen molar-refractivity contribution in [3.05, 3.63) is 102 Å². The third-order valence-corrected chi connectivity index (χ3v) is 4.65. The van der Waals surface area contributed by atoms with Crippen molar-refractivity contribution in [3.63, 3.8) is 0 Å². The predicted molar refractivity (Wildman–Crippen MR) is 115 cm³/mol. The third kappa shape index (κ3) is 4.12. The van der Waals surface area contributed by atoms with Gasteiger partial charge in [-0.05, 0) is 48.4 Å². The highest BCUT2D eigenvalue weighted by Gasteiger charge is 2.14. The Morgan fingerprint density at radius 3 is 1.90 bits per heavy atom. The van der Waals surface area contributed by atoms with Crippen LogP contribution in [-0.2, 0) is 0 Å². The Kier molecular flexibility index (Phi) is 5.39. The molecule has 1 aromatic heterocycles. The Morgan fingerprint density at radius 2 is 1.30 bits per heavy atom. The van der Waals surface area contributed by atoms with Gasteiger partial charge in [-0.15, -0.1) is 0 Å². The van der Waals surface area contributed by atoms with Crippen molar-refractivity contribution in [2.75, 3.05) is 10.6 Å². The van der Waals surface area contributed by atoms with Crippen molar-refractivity contribution < 1.29 is 14.1 Å². The van der Waals surface area contributed by atoms with Crippen LogP contribution in [0.1, 0.15) is 26.5 Å². The second-order valence-corrected chi connectivity index (χ2v) is 6.69. The number of nitrogens with one attached hydrogen (secondary N) is 2. The van der Waals surface area contributed by atoms with Crippen molar-refractivity contribution in [1.29, 1.82) is 0 Å². The number of benzene rings is 3. The van der Waals surface area contributed by atoms with E-state index in [1.165, 1.54) is 6.20 Å². The molecule has 30 heavy (non-hydrogen) atoms. The van der Waals surface area contributed by atoms with Crippen molar-refractivity contribution in [2.24, 2.45) is 0 Å². The summed E-state index contributed by atoms with van der Waals surface area (Å²) in [6.45, 7) is 1.67. The normalized spacial score (nSPS) is 10.4. The SMILES string of the molecule is Cc1oncc1C(=O)Nc1ccc(NC(=O)c2ccccc2-c2ccccc2)cc1. The van der Waals surface area contributed by atoms with E-state index in [-0.39, 0.29) is 11.8 Å². The van der Waals surface area contributed by atoms with Crippen LogP contribution in [-0.4, -0.2) is 17.0 Å². The lowest BCUT2D eigenvalue weighted by atomic mass is 9.99. The molecule has 0 spiro atoms. The smallest absolute Gasteiger partial charge is 0.260 e. The fraction of sp³-hybridized carbons (Fsp3) is 0.0417. The molecule has 1 heterocycles. The molecule has 2 amide bonds. The van der Waals surface area contributed by atoms with Gasteiger partial charge in [0.25, 0.3) is 11.8 Å². The molecule has 0 fully saturated rings. The van der Waals surface area contributed by atoms with Gasteiger partial charge in [0.05, 0.1) is 6.20 Å². The monoisotopic (exact) mass is 397 g/mol. The molecule has 0 aliphatic carbocycles. The zero-order valence-electron chi connectivity index (χ0n) is 16.3. The third-order valence-electron chi connectivity index (χ3n) is 4.65. The Morgan fingerprint density at radius 1 is 0.733 bits per heavy atom. The lowest BCUT2D eigenvalue weighted by molar-refractivity contribution is 0.101. The van der Waals surface area contributed by atoms with Gasteiger partial charge in [-0.3, -0.25) is 9.59 Å². The molecule has 6 heteroatoms. The number of nitrogens with zero attached hydrogens (tertiary/aromatic N) is 1. The van der Waals surface area contributed by atoms with Crippen molar-refractivity contribution in [1.82, 2.24) is 5.16 Å². The average Bonchev–Trinajstić information content (AvgIpc) is 3.22. The van der Waals surface area contributed by atoms with E-state index in [1.807, 2.05) is 48.5 Å². The molecule has 0 saturated carbocycles. The molecule has 4 aromatic rings. The Labute approximate surface area is 173 Å². The first-order valence-electron chi connectivity index (χ1n) is 9.40. The Bertz CT molecular complexity index is 1180. The largest absolute Gasteiger partial charge is 0.361 e. The first-order valence-corrected chi connectivity index (χ1v) is 9.40. The maximum absolute atomic E-state index is 12.9. The number of rotatable bonds is 5. The van der Waals surface area contributed by atoms with Crippen LogP contribution in [0.5, 0.6) is 0 Å². The summed E-state index contributed by atoms with van der Waals surface area (Å²) >= 11 is 0. The van der Waals surface area contributed by atoms with Crippen LogP contribution in [0.4, 0.5) is 11.4 Å². The number of aromatic nitrogens is 1. The minimum absolute atomic E-state index is 0.202. The van der Waals surface area contributed by atoms with Crippen LogP contribution in [0.3, 0.4) is 0 Å². The molecule has 2 N–H and O–H groups in total. The average molecular weight is 397 g/mol. The molecule has 0 aliphatic rings. The summed E-state index contributed by atoms with van der Waals surface area (Å²) in [4.78, 5) is 25.1. The highest BCUT2D eigenvalue weighted by atomic mass is 16.5. The van der Waals surface area contributed by atoms with Crippen LogP contribution < -0.4 is 10.6 Å². The van der Waals surface area contributed by atoms with Gasteiger partial charge in [0.15, 0.2) is 0 Å². The fourth-order valence-corrected chi connectivity index (χ4v) is 3.10. The lowest BCUT2D eigenvalue weighted by Gasteiger charge is -2.11. The molecular weight excluding hydrogens is 378 g/mol. The maximum Gasteiger partial charge on any atom is 0.260 e. The molecule has 0 radical (unpaired) electrons. The van der Waals surface area contributed by atoms with E-state index < -0.39 is 0 Å². The maximum atomic E-state index is 12.9. The van der Waals surface area contributed by atoms with Crippen molar-refractivity contribution in [3.8, 4) is 11.1 Å². The van der Waals surface area contributed by atoms with Gasteiger partial charge in [-0.25, -0.2) is 0 Å². The van der Waals surface area contributed by atoms with Gasteiger partial charge in [0.2, 0.25) is 0 Å². The summed E-state index contributed by atoms with van der Waals surface area (Å²) in [7, 11) is 0. The van der Waals surface area contributed by atoms with Crippen LogP contribution in [0.15, 0.2) is 89.6 Å². The number of anilines is 2. The lowest BCUT2D eigenvalue weighted by Crippen LogP contribution is -2.14. The molecule has 0 aliphatic heterocycles. The van der Waals surface area contributed by atoms with Gasteiger partial charge in [-0.2, -0.15) is 0 Å². The van der Waals surface area contributed by atoms with Crippen molar-refractivity contribution in [2.45, 2.75) is 6.92 Å². The molecular formula is C24H19N3O3. The molecule has 0 saturated heterocycles. The van der Waals surface area contributed by atoms with Crippen LogP contribution >= 0.6 is 0 Å². The van der Waals surface area contributed by atoms with E-state index in [0.29, 0.717) is 28.3 Å². The molecule has 148 valence electrons. The van der Waals surface area contributed by atoms with E-state index in [0.717, 1.165) is 11.1 Å². The van der Waals surface area contributed by atoms with Crippen LogP contribution in [0, 0.1) is 6.92 Å². The van der Waals surface area contributed by atoms with E-state index in [4.69, 9.17) is 4.52 Å². The van der Waals surface area contributed by atoms with E-state index >= 15 is 0 Å². The Hall–Kier alpha value is -4.19. The minimum Gasteiger partial charge on any atom is -0.361 e. The number of carbonyl (C=O) groups is 2. The van der Waals surface area contributed by atoms with Gasteiger partial charge in [0, 0.05) is 16.9 Å². The molecule has 0 atom stereocenters. The zero-order valence-corrected chi connectivity index (χ0v) is 16.3. The van der Waals surface area contributed by atoms with Crippen molar-refractivity contribution >= 4 is 23.2 Å². The molecule has 0 unspecified atom stereocenters. The summed E-state index contributed by atoms with van der Waals surface area (Å²) < 4.78 is 4.91. The fourth-order valence-electron chi connectivity index (χ4n) is 3.10. The number of carbonyl (C=O) groups excluding carboxylic acids is 2. The number of aryl methyl sites for hydroxylation is 1. The van der Waals surface area contributed by atoms with E-state index in [9.17, 15) is 9.59 Å². The van der Waals surface area contributed by atoms with Crippen LogP contribution in [0.2, 0.25) is 0 Å². The highest BCUT2D eigenvalue weighted by molar-refractivity contribution is 6.09. The summed E-state index contributed by atoms with van der Waals surface area (Å²) in [6, 6.07) is 24.2. The van der Waals surface area contributed by atoms with E-state index in [2.05, 4.69) is 15.8 Å². The summed E-state index contributed by atoms with van der Waals surface area (Å²) in [5.74, 6) is -0.0536. The standard InChI is InChI=1S/C24H19N3O3/c1-16-22(15-25-30-16)24(29)27-19-13-11-18(12-14-19)26-23(28)21-10-6-5-9-20(21)17-7-3-2-4-8-17/h2-15H,1H3,(H,26,28)(H,27,29). The Balaban J connectivity index is 1.47. The van der Waals surface area contributed by atoms with Gasteiger partial charge in [0.1, 0.15) is 11.3 Å². The van der Waals surface area contributed by atoms with E-state index in [1.54, 1.807) is 37.3 Å². The zero-order chi connectivity index (χ0) is 20.9. The van der Waals surface area contributed by atoms with Gasteiger partial charge < -0.3 is 15.2 Å². The van der Waals surface area contributed by atoms with Gasteiger partial charge in [-0.1, -0.05) is 53.7 Å². The second kappa shape index (κ2) is 8.45. The number of amides is 2. The minimum atomic E-state index is -0.303. The summed E-state index contributed by atoms with van der Waals surface area (Å²) in [5.41, 5.74) is 4.04. The second-order valence-electron chi connectivity index (χ2n) is 6.69. The molecule has 6 nitrogen and oxygen atoms in total. The molecule has 4 rings (SSSR count). The quantitative estimate of drug-likeness (QED) is 0.487. The highest BCUT2D eigenvalue weighted by Crippen LogP contribution is 2.24. The topological polar surface area (TPSA) is 84.2 Å². The first-order chi connectivity index (χ1) is 14.6. The first kappa shape index (κ1) is 19.1. The molecule has 3 aromatic carbocycles. The summed E-state index contributed by atoms with van der Waals surface area (Å²) in [5, 5.41) is 9.29. The van der Waals surface area contributed by atoms with Crippen LogP contribution in [0.25, 0.3) is 11.1 Å². The summed E-state index contributed by atoms with van der Waals surface area (Å²) in [6.07, 6.45) is 1.38. The molecule has 0 bridgehead atoms.